The summed E-state index contributed by atoms with van der Waals surface area (Å²) in [6, 6.07) is 0. The van der Waals surface area contributed by atoms with E-state index in [0.29, 0.717) is 38.9 Å². The number of carbonyl (C=O) groups is 2. The van der Waals surface area contributed by atoms with Gasteiger partial charge in [-0.2, -0.15) is 0 Å². The Balaban J connectivity index is 1.81. The van der Waals surface area contributed by atoms with Gasteiger partial charge in [0.15, 0.2) is 0 Å². The smallest absolute Gasteiger partial charge is 0.309 e. The summed E-state index contributed by atoms with van der Waals surface area (Å²) < 4.78 is 1.86. The van der Waals surface area contributed by atoms with Gasteiger partial charge < -0.3 is 14.6 Å². The second-order valence-electron chi connectivity index (χ2n) is 5.30. The topological polar surface area (TPSA) is 75.4 Å². The maximum Gasteiger partial charge on any atom is 0.309 e. The fourth-order valence-corrected chi connectivity index (χ4v) is 2.27. The zero-order chi connectivity index (χ0) is 13.9. The molecule has 1 fully saturated rings. The Morgan fingerprint density at radius 3 is 2.58 bits per heavy atom. The van der Waals surface area contributed by atoms with Gasteiger partial charge in [0, 0.05) is 38.4 Å². The Labute approximate surface area is 112 Å². The van der Waals surface area contributed by atoms with Crippen molar-refractivity contribution in [1.29, 1.82) is 0 Å². The Morgan fingerprint density at radius 2 is 2.05 bits per heavy atom. The van der Waals surface area contributed by atoms with Crippen LogP contribution in [-0.4, -0.2) is 44.5 Å². The molecule has 1 saturated heterocycles. The highest BCUT2D eigenvalue weighted by atomic mass is 16.4. The quantitative estimate of drug-likeness (QED) is 0.880. The van der Waals surface area contributed by atoms with Crippen molar-refractivity contribution in [1.82, 2.24) is 14.5 Å². The summed E-state index contributed by atoms with van der Waals surface area (Å²) in [5.74, 6) is -0.681. The Kier molecular flexibility index (Phi) is 3.87. The number of amides is 1. The van der Waals surface area contributed by atoms with Crippen molar-refractivity contribution in [3.05, 3.63) is 18.7 Å². The summed E-state index contributed by atoms with van der Waals surface area (Å²) in [5.41, 5.74) is -0.679. The van der Waals surface area contributed by atoms with Crippen LogP contribution in [0.25, 0.3) is 0 Å². The van der Waals surface area contributed by atoms with Crippen LogP contribution in [0.4, 0.5) is 0 Å². The molecule has 6 nitrogen and oxygen atoms in total. The molecule has 1 amide bonds. The molecule has 0 saturated carbocycles. The van der Waals surface area contributed by atoms with Crippen LogP contribution in [0.5, 0.6) is 0 Å². The number of aryl methyl sites for hydroxylation is 1. The van der Waals surface area contributed by atoms with E-state index >= 15 is 0 Å². The van der Waals surface area contributed by atoms with E-state index in [4.69, 9.17) is 5.11 Å². The van der Waals surface area contributed by atoms with E-state index in [-0.39, 0.29) is 5.91 Å². The molecule has 0 atom stereocenters. The van der Waals surface area contributed by atoms with Gasteiger partial charge in [0.1, 0.15) is 0 Å². The number of imidazole rings is 1. The Bertz CT molecular complexity index is 448. The van der Waals surface area contributed by atoms with Crippen molar-refractivity contribution in [3.8, 4) is 0 Å². The van der Waals surface area contributed by atoms with E-state index < -0.39 is 11.4 Å². The van der Waals surface area contributed by atoms with Crippen molar-refractivity contribution in [2.45, 2.75) is 32.7 Å². The maximum atomic E-state index is 12.0. The molecule has 19 heavy (non-hydrogen) atoms. The minimum Gasteiger partial charge on any atom is -0.481 e. The minimum absolute atomic E-state index is 0.0844. The van der Waals surface area contributed by atoms with Crippen LogP contribution in [0.2, 0.25) is 0 Å². The molecule has 1 aliphatic rings. The number of nitrogens with zero attached hydrogens (tertiary/aromatic N) is 3. The molecule has 1 aromatic rings. The third-order valence-electron chi connectivity index (χ3n) is 3.88. The van der Waals surface area contributed by atoms with Gasteiger partial charge >= 0.3 is 5.97 Å². The van der Waals surface area contributed by atoms with E-state index in [0.717, 1.165) is 0 Å². The molecular weight excluding hydrogens is 246 g/mol. The first-order chi connectivity index (χ1) is 9.01. The molecule has 0 spiro atoms. The number of hydrogen-bond donors (Lipinski definition) is 1. The summed E-state index contributed by atoms with van der Waals surface area (Å²) in [5, 5.41) is 9.14. The summed E-state index contributed by atoms with van der Waals surface area (Å²) >= 11 is 0. The minimum atomic E-state index is -0.766. The van der Waals surface area contributed by atoms with Gasteiger partial charge in [0.05, 0.1) is 11.7 Å². The number of carboxylic acid groups (broad SMARTS) is 1. The van der Waals surface area contributed by atoms with Crippen LogP contribution in [-0.2, 0) is 16.1 Å². The van der Waals surface area contributed by atoms with Gasteiger partial charge in [-0.05, 0) is 19.8 Å². The second kappa shape index (κ2) is 5.42. The molecule has 0 unspecified atom stereocenters. The van der Waals surface area contributed by atoms with Gasteiger partial charge in [-0.15, -0.1) is 0 Å². The van der Waals surface area contributed by atoms with Crippen molar-refractivity contribution >= 4 is 11.9 Å². The van der Waals surface area contributed by atoms with Crippen molar-refractivity contribution < 1.29 is 14.7 Å². The zero-order valence-corrected chi connectivity index (χ0v) is 11.1. The standard InChI is InChI=1S/C13H19N3O3/c1-13(12(18)19)3-7-16(8-4-13)11(17)2-6-15-9-5-14-10-15/h5,9-10H,2-4,6-8H2,1H3,(H,18,19). The SMILES string of the molecule is CC1(C(=O)O)CCN(C(=O)CCn2ccnc2)CC1. The van der Waals surface area contributed by atoms with E-state index in [1.807, 2.05) is 10.8 Å². The van der Waals surface area contributed by atoms with Gasteiger partial charge in [-0.1, -0.05) is 0 Å². The zero-order valence-electron chi connectivity index (χ0n) is 11.1. The first-order valence-electron chi connectivity index (χ1n) is 6.48. The molecule has 1 N–H and O–H groups in total. The summed E-state index contributed by atoms with van der Waals surface area (Å²) in [6.07, 6.45) is 6.68. The van der Waals surface area contributed by atoms with E-state index in [1.165, 1.54) is 0 Å². The molecular formula is C13H19N3O3. The highest BCUT2D eigenvalue weighted by Crippen LogP contribution is 2.31. The van der Waals surface area contributed by atoms with Gasteiger partial charge in [0.25, 0.3) is 0 Å². The maximum absolute atomic E-state index is 12.0. The van der Waals surface area contributed by atoms with Crippen molar-refractivity contribution in [2.24, 2.45) is 5.41 Å². The number of hydrogen-bond acceptors (Lipinski definition) is 3. The number of carbonyl (C=O) groups excluding carboxylic acids is 1. The molecule has 0 aliphatic carbocycles. The van der Waals surface area contributed by atoms with Crippen LogP contribution < -0.4 is 0 Å². The van der Waals surface area contributed by atoms with E-state index in [1.54, 1.807) is 24.3 Å². The van der Waals surface area contributed by atoms with Crippen LogP contribution in [0.15, 0.2) is 18.7 Å². The lowest BCUT2D eigenvalue weighted by Crippen LogP contribution is -2.45. The van der Waals surface area contributed by atoms with Gasteiger partial charge in [0.2, 0.25) is 5.91 Å². The molecule has 0 aromatic carbocycles. The summed E-state index contributed by atoms with van der Waals surface area (Å²) in [4.78, 5) is 28.8. The highest BCUT2D eigenvalue weighted by Gasteiger charge is 2.37. The first kappa shape index (κ1) is 13.6. The first-order valence-corrected chi connectivity index (χ1v) is 6.48. The second-order valence-corrected chi connectivity index (χ2v) is 5.30. The average molecular weight is 265 g/mol. The predicted octanol–water partition coefficient (Wildman–Crippen LogP) is 0.986. The monoisotopic (exact) mass is 265 g/mol. The normalized spacial score (nSPS) is 18.3. The van der Waals surface area contributed by atoms with E-state index in [2.05, 4.69) is 4.98 Å². The number of carboxylic acids is 1. The molecule has 1 aliphatic heterocycles. The summed E-state index contributed by atoms with van der Waals surface area (Å²) in [7, 11) is 0. The van der Waals surface area contributed by atoms with Gasteiger partial charge in [-0.3, -0.25) is 9.59 Å². The van der Waals surface area contributed by atoms with Crippen LogP contribution in [0, 0.1) is 5.41 Å². The fraction of sp³-hybridized carbons (Fsp3) is 0.615. The third-order valence-corrected chi connectivity index (χ3v) is 3.88. The van der Waals surface area contributed by atoms with E-state index in [9.17, 15) is 9.59 Å². The molecule has 2 heterocycles. The number of piperidine rings is 1. The number of aromatic nitrogens is 2. The Hall–Kier alpha value is -1.85. The van der Waals surface area contributed by atoms with Gasteiger partial charge in [-0.25, -0.2) is 4.98 Å². The number of rotatable bonds is 4. The lowest BCUT2D eigenvalue weighted by atomic mass is 9.80. The van der Waals surface area contributed by atoms with Crippen LogP contribution in [0.1, 0.15) is 26.2 Å². The number of likely N-dealkylation sites (tertiary alicyclic amines) is 1. The lowest BCUT2D eigenvalue weighted by Gasteiger charge is -2.36. The van der Waals surface area contributed by atoms with Crippen molar-refractivity contribution in [2.75, 3.05) is 13.1 Å². The molecule has 6 heteroatoms. The van der Waals surface area contributed by atoms with Crippen LogP contribution in [0.3, 0.4) is 0 Å². The summed E-state index contributed by atoms with van der Waals surface area (Å²) in [6.45, 7) is 3.44. The van der Waals surface area contributed by atoms with Crippen LogP contribution >= 0.6 is 0 Å². The highest BCUT2D eigenvalue weighted by molar-refractivity contribution is 5.78. The fourth-order valence-electron chi connectivity index (χ4n) is 2.27. The number of aliphatic carboxylic acids is 1. The average Bonchev–Trinajstić information content (AvgIpc) is 2.90. The molecule has 0 bridgehead atoms. The Morgan fingerprint density at radius 1 is 1.37 bits per heavy atom. The predicted molar refractivity (Wildman–Crippen MR) is 68.4 cm³/mol. The third kappa shape index (κ3) is 3.13. The molecule has 0 radical (unpaired) electrons. The molecule has 2 rings (SSSR count). The largest absolute Gasteiger partial charge is 0.481 e. The lowest BCUT2D eigenvalue weighted by molar-refractivity contribution is -0.153. The molecule has 1 aromatic heterocycles. The molecule has 104 valence electrons. The van der Waals surface area contributed by atoms with Crippen molar-refractivity contribution in [3.63, 3.8) is 0 Å².